The van der Waals surface area contributed by atoms with Gasteiger partial charge in [0.05, 0.1) is 6.04 Å². The third kappa shape index (κ3) is 4.18. The van der Waals surface area contributed by atoms with Gasteiger partial charge in [0.1, 0.15) is 0 Å². The number of hydrogen-bond acceptors (Lipinski definition) is 3. The third-order valence-corrected chi connectivity index (χ3v) is 4.39. The standard InChI is InChI=1S/C15H29N3O/c1-2-9-16-12-13-7-4-6-11-18(13)14-8-3-5-10-17-15(14)19/h13-14,16H,2-12H2,1H3,(H,17,19). The zero-order valence-corrected chi connectivity index (χ0v) is 12.3. The lowest BCUT2D eigenvalue weighted by Gasteiger charge is -2.40. The largest absolute Gasteiger partial charge is 0.355 e. The second-order valence-corrected chi connectivity index (χ2v) is 5.89. The monoisotopic (exact) mass is 267 g/mol. The number of nitrogens with zero attached hydrogens (tertiary/aromatic N) is 1. The van der Waals surface area contributed by atoms with Gasteiger partial charge in [-0.05, 0) is 51.6 Å². The van der Waals surface area contributed by atoms with E-state index in [-0.39, 0.29) is 11.9 Å². The molecule has 19 heavy (non-hydrogen) atoms. The first kappa shape index (κ1) is 14.8. The van der Waals surface area contributed by atoms with Crippen LogP contribution < -0.4 is 10.6 Å². The Morgan fingerprint density at radius 1 is 1.26 bits per heavy atom. The van der Waals surface area contributed by atoms with Crippen LogP contribution >= 0.6 is 0 Å². The Morgan fingerprint density at radius 3 is 2.95 bits per heavy atom. The molecule has 2 heterocycles. The molecule has 4 heteroatoms. The fourth-order valence-corrected chi connectivity index (χ4v) is 3.34. The van der Waals surface area contributed by atoms with Gasteiger partial charge in [-0.25, -0.2) is 0 Å². The molecule has 110 valence electrons. The van der Waals surface area contributed by atoms with Crippen molar-refractivity contribution in [3.63, 3.8) is 0 Å². The van der Waals surface area contributed by atoms with Gasteiger partial charge in [-0.1, -0.05) is 13.3 Å². The summed E-state index contributed by atoms with van der Waals surface area (Å²) in [7, 11) is 0. The highest BCUT2D eigenvalue weighted by Gasteiger charge is 2.33. The van der Waals surface area contributed by atoms with Crippen LogP contribution in [0, 0.1) is 0 Å². The van der Waals surface area contributed by atoms with Crippen molar-refractivity contribution in [2.45, 2.75) is 64.0 Å². The van der Waals surface area contributed by atoms with Crippen molar-refractivity contribution in [3.05, 3.63) is 0 Å². The summed E-state index contributed by atoms with van der Waals surface area (Å²) < 4.78 is 0. The Bertz CT molecular complexity index is 283. The minimum atomic E-state index is 0.122. The average Bonchev–Trinajstić information content (AvgIpc) is 2.64. The smallest absolute Gasteiger partial charge is 0.237 e. The lowest BCUT2D eigenvalue weighted by molar-refractivity contribution is -0.127. The van der Waals surface area contributed by atoms with Gasteiger partial charge in [-0.2, -0.15) is 0 Å². The van der Waals surface area contributed by atoms with Crippen molar-refractivity contribution in [2.24, 2.45) is 0 Å². The first-order valence-corrected chi connectivity index (χ1v) is 8.07. The molecule has 0 aromatic heterocycles. The Balaban J connectivity index is 1.94. The third-order valence-electron chi connectivity index (χ3n) is 4.39. The molecule has 0 saturated carbocycles. The molecule has 2 N–H and O–H groups in total. The molecule has 0 bridgehead atoms. The summed E-state index contributed by atoms with van der Waals surface area (Å²) in [5.74, 6) is 0.264. The number of likely N-dealkylation sites (tertiary alicyclic amines) is 1. The predicted octanol–water partition coefficient (Wildman–Crippen LogP) is 1.51. The van der Waals surface area contributed by atoms with Gasteiger partial charge in [0.15, 0.2) is 0 Å². The van der Waals surface area contributed by atoms with Crippen molar-refractivity contribution >= 4 is 5.91 Å². The summed E-state index contributed by atoms with van der Waals surface area (Å²) >= 11 is 0. The second kappa shape index (κ2) is 7.85. The molecule has 1 amide bonds. The highest BCUT2D eigenvalue weighted by Crippen LogP contribution is 2.23. The Kier molecular flexibility index (Phi) is 6.11. The van der Waals surface area contributed by atoms with Crippen LogP contribution in [0.25, 0.3) is 0 Å². The van der Waals surface area contributed by atoms with Crippen LogP contribution in [-0.2, 0) is 4.79 Å². The molecule has 0 spiro atoms. The molecular formula is C15H29N3O. The van der Waals surface area contributed by atoms with E-state index in [2.05, 4.69) is 22.5 Å². The lowest BCUT2D eigenvalue weighted by atomic mass is 9.97. The van der Waals surface area contributed by atoms with Crippen LogP contribution in [0.1, 0.15) is 51.9 Å². The first-order chi connectivity index (χ1) is 9.33. The zero-order chi connectivity index (χ0) is 13.5. The average molecular weight is 267 g/mol. The van der Waals surface area contributed by atoms with E-state index < -0.39 is 0 Å². The van der Waals surface area contributed by atoms with E-state index in [1.54, 1.807) is 0 Å². The second-order valence-electron chi connectivity index (χ2n) is 5.89. The minimum absolute atomic E-state index is 0.122. The van der Waals surface area contributed by atoms with E-state index in [0.717, 1.165) is 39.0 Å². The normalized spacial score (nSPS) is 29.8. The van der Waals surface area contributed by atoms with Crippen molar-refractivity contribution in [1.82, 2.24) is 15.5 Å². The number of rotatable bonds is 5. The molecule has 2 rings (SSSR count). The first-order valence-electron chi connectivity index (χ1n) is 8.07. The molecule has 0 aromatic carbocycles. The lowest BCUT2D eigenvalue weighted by Crippen LogP contribution is -2.55. The maximum absolute atomic E-state index is 12.2. The molecule has 2 aliphatic heterocycles. The maximum atomic E-state index is 12.2. The van der Waals surface area contributed by atoms with Gasteiger partial charge in [0.25, 0.3) is 0 Å². The van der Waals surface area contributed by atoms with Crippen LogP contribution in [0.3, 0.4) is 0 Å². The van der Waals surface area contributed by atoms with Gasteiger partial charge < -0.3 is 10.6 Å². The van der Waals surface area contributed by atoms with E-state index in [9.17, 15) is 4.79 Å². The molecule has 2 aliphatic rings. The van der Waals surface area contributed by atoms with Gasteiger partial charge >= 0.3 is 0 Å². The molecular weight excluding hydrogens is 238 g/mol. The molecule has 2 fully saturated rings. The highest BCUT2D eigenvalue weighted by atomic mass is 16.2. The molecule has 0 aliphatic carbocycles. The van der Waals surface area contributed by atoms with E-state index in [4.69, 9.17) is 0 Å². The van der Waals surface area contributed by atoms with Crippen LogP contribution in [0.5, 0.6) is 0 Å². The fourth-order valence-electron chi connectivity index (χ4n) is 3.34. The highest BCUT2D eigenvalue weighted by molar-refractivity contribution is 5.82. The maximum Gasteiger partial charge on any atom is 0.237 e. The van der Waals surface area contributed by atoms with E-state index in [1.165, 1.54) is 32.1 Å². The Morgan fingerprint density at radius 2 is 2.11 bits per heavy atom. The summed E-state index contributed by atoms with van der Waals surface area (Å²) in [6, 6.07) is 0.672. The molecule has 2 saturated heterocycles. The summed E-state index contributed by atoms with van der Waals surface area (Å²) in [6.45, 7) is 6.28. The summed E-state index contributed by atoms with van der Waals surface area (Å²) in [4.78, 5) is 14.7. The molecule has 4 nitrogen and oxygen atoms in total. The summed E-state index contributed by atoms with van der Waals surface area (Å²) in [5, 5.41) is 6.61. The van der Waals surface area contributed by atoms with Gasteiger partial charge in [-0.15, -0.1) is 0 Å². The SMILES string of the molecule is CCCNCC1CCCCN1C1CCCCNC1=O. The Hall–Kier alpha value is -0.610. The van der Waals surface area contributed by atoms with Gasteiger partial charge in [0, 0.05) is 19.1 Å². The minimum Gasteiger partial charge on any atom is -0.355 e. The van der Waals surface area contributed by atoms with Crippen LogP contribution in [0.15, 0.2) is 0 Å². The van der Waals surface area contributed by atoms with Crippen LogP contribution in [0.2, 0.25) is 0 Å². The predicted molar refractivity (Wildman–Crippen MR) is 78.2 cm³/mol. The quantitative estimate of drug-likeness (QED) is 0.742. The van der Waals surface area contributed by atoms with Crippen molar-refractivity contribution in [1.29, 1.82) is 0 Å². The number of carbonyl (C=O) groups is 1. The van der Waals surface area contributed by atoms with E-state index >= 15 is 0 Å². The molecule has 2 unspecified atom stereocenters. The van der Waals surface area contributed by atoms with E-state index in [1.807, 2.05) is 0 Å². The van der Waals surface area contributed by atoms with Gasteiger partial charge in [-0.3, -0.25) is 9.69 Å². The van der Waals surface area contributed by atoms with Crippen LogP contribution in [0.4, 0.5) is 0 Å². The summed E-state index contributed by atoms with van der Waals surface area (Å²) in [5.41, 5.74) is 0. The van der Waals surface area contributed by atoms with Crippen LogP contribution in [-0.4, -0.2) is 49.1 Å². The number of hydrogen-bond donors (Lipinski definition) is 2. The molecule has 0 radical (unpaired) electrons. The van der Waals surface area contributed by atoms with Crippen molar-refractivity contribution < 1.29 is 4.79 Å². The number of amides is 1. The van der Waals surface area contributed by atoms with Crippen molar-refractivity contribution in [2.75, 3.05) is 26.2 Å². The number of nitrogens with one attached hydrogen (secondary N) is 2. The van der Waals surface area contributed by atoms with Crippen molar-refractivity contribution in [3.8, 4) is 0 Å². The van der Waals surface area contributed by atoms with Gasteiger partial charge in [0.2, 0.25) is 5.91 Å². The summed E-state index contributed by atoms with van der Waals surface area (Å²) in [6.07, 6.45) is 8.31. The number of piperidine rings is 1. The zero-order valence-electron chi connectivity index (χ0n) is 12.3. The Labute approximate surface area is 117 Å². The van der Waals surface area contributed by atoms with E-state index in [0.29, 0.717) is 6.04 Å². The molecule has 0 aromatic rings. The fraction of sp³-hybridized carbons (Fsp3) is 0.933. The molecule has 2 atom stereocenters. The topological polar surface area (TPSA) is 44.4 Å². The number of carbonyl (C=O) groups excluding carboxylic acids is 1.